The lowest BCUT2D eigenvalue weighted by atomic mass is 10.1. The molecule has 0 spiro atoms. The Morgan fingerprint density at radius 1 is 1.19 bits per heavy atom. The van der Waals surface area contributed by atoms with Crippen molar-refractivity contribution >= 4 is 33.7 Å². The Bertz CT molecular complexity index is 949. The number of benzene rings is 1. The Morgan fingerprint density at radius 3 is 2.48 bits per heavy atom. The molecule has 0 aliphatic carbocycles. The number of carbonyl (C=O) groups excluding carboxylic acids is 1. The number of nitrogens with zero attached hydrogens (tertiary/aromatic N) is 2. The van der Waals surface area contributed by atoms with E-state index >= 15 is 0 Å². The molecule has 0 aliphatic rings. The standard InChI is InChI=1S/C17H14F3N3O2S2/c1-9-15(27-10(2)21-9)13-8-26-16(22-13)23-14(24)7-11-3-5-12(6-4-11)25-17(18,19)20/h3-6,8H,7H2,1-2H3,(H,22,23,24). The molecule has 0 bridgehead atoms. The number of hydrogen-bond donors (Lipinski definition) is 1. The van der Waals surface area contributed by atoms with E-state index in [1.54, 1.807) is 0 Å². The molecule has 0 saturated carbocycles. The van der Waals surface area contributed by atoms with Gasteiger partial charge in [0.25, 0.3) is 0 Å². The third kappa shape index (κ3) is 5.27. The molecule has 0 atom stereocenters. The van der Waals surface area contributed by atoms with Gasteiger partial charge in [0.2, 0.25) is 5.91 Å². The number of nitrogens with one attached hydrogen (secondary N) is 1. The van der Waals surface area contributed by atoms with Crippen molar-refractivity contribution in [1.82, 2.24) is 9.97 Å². The molecule has 1 amide bonds. The zero-order valence-electron chi connectivity index (χ0n) is 14.3. The number of ether oxygens (including phenoxy) is 1. The summed E-state index contributed by atoms with van der Waals surface area (Å²) < 4.78 is 40.3. The fraction of sp³-hybridized carbons (Fsp3) is 0.235. The number of aromatic nitrogens is 2. The van der Waals surface area contributed by atoms with Crippen LogP contribution in [0.4, 0.5) is 18.3 Å². The summed E-state index contributed by atoms with van der Waals surface area (Å²) in [5.41, 5.74) is 2.21. The van der Waals surface area contributed by atoms with Crippen LogP contribution in [0.15, 0.2) is 29.6 Å². The molecular formula is C17H14F3N3O2S2. The Hall–Kier alpha value is -2.46. The second-order valence-electron chi connectivity index (χ2n) is 5.60. The first-order valence-electron chi connectivity index (χ1n) is 7.74. The smallest absolute Gasteiger partial charge is 0.406 e. The van der Waals surface area contributed by atoms with Gasteiger partial charge in [-0.1, -0.05) is 12.1 Å². The average Bonchev–Trinajstić information content (AvgIpc) is 3.13. The van der Waals surface area contributed by atoms with Gasteiger partial charge < -0.3 is 10.1 Å². The number of alkyl halides is 3. The molecule has 1 N–H and O–H groups in total. The second kappa shape index (κ2) is 7.65. The maximum Gasteiger partial charge on any atom is 0.573 e. The van der Waals surface area contributed by atoms with Gasteiger partial charge >= 0.3 is 6.36 Å². The summed E-state index contributed by atoms with van der Waals surface area (Å²) in [6.07, 6.45) is -4.73. The monoisotopic (exact) mass is 413 g/mol. The minimum Gasteiger partial charge on any atom is -0.406 e. The molecule has 2 aromatic heterocycles. The van der Waals surface area contributed by atoms with Gasteiger partial charge in [0.1, 0.15) is 5.75 Å². The molecule has 2 heterocycles. The number of aryl methyl sites for hydroxylation is 2. The van der Waals surface area contributed by atoms with Crippen LogP contribution in [0.5, 0.6) is 5.75 Å². The summed E-state index contributed by atoms with van der Waals surface area (Å²) in [6, 6.07) is 5.17. The van der Waals surface area contributed by atoms with Crippen LogP contribution < -0.4 is 10.1 Å². The van der Waals surface area contributed by atoms with Crippen LogP contribution in [-0.4, -0.2) is 22.2 Å². The first kappa shape index (κ1) is 19.3. The van der Waals surface area contributed by atoms with Crippen molar-refractivity contribution in [2.24, 2.45) is 0 Å². The van der Waals surface area contributed by atoms with Gasteiger partial charge in [0, 0.05) is 5.38 Å². The van der Waals surface area contributed by atoms with Crippen LogP contribution in [0, 0.1) is 13.8 Å². The lowest BCUT2D eigenvalue weighted by molar-refractivity contribution is -0.274. The van der Waals surface area contributed by atoms with Gasteiger partial charge in [-0.15, -0.1) is 35.8 Å². The zero-order chi connectivity index (χ0) is 19.6. The molecule has 1 aromatic carbocycles. The van der Waals surface area contributed by atoms with Crippen molar-refractivity contribution < 1.29 is 22.7 Å². The third-order valence-electron chi connectivity index (χ3n) is 3.41. The highest BCUT2D eigenvalue weighted by Crippen LogP contribution is 2.32. The Kier molecular flexibility index (Phi) is 5.47. The fourth-order valence-electron chi connectivity index (χ4n) is 2.36. The maximum absolute atomic E-state index is 12.1. The van der Waals surface area contributed by atoms with Crippen LogP contribution in [0.2, 0.25) is 0 Å². The lowest BCUT2D eigenvalue weighted by Gasteiger charge is -2.09. The van der Waals surface area contributed by atoms with Gasteiger partial charge in [-0.2, -0.15) is 0 Å². The number of anilines is 1. The third-order valence-corrected chi connectivity index (χ3v) is 5.26. The van der Waals surface area contributed by atoms with E-state index in [-0.39, 0.29) is 18.1 Å². The molecule has 0 aliphatic heterocycles. The van der Waals surface area contributed by atoms with E-state index in [0.717, 1.165) is 21.3 Å². The van der Waals surface area contributed by atoms with Crippen molar-refractivity contribution in [3.8, 4) is 16.3 Å². The topological polar surface area (TPSA) is 64.1 Å². The fourth-order valence-corrected chi connectivity index (χ4v) is 4.03. The van der Waals surface area contributed by atoms with Crippen LogP contribution >= 0.6 is 22.7 Å². The summed E-state index contributed by atoms with van der Waals surface area (Å²) in [4.78, 5) is 21.9. The Balaban J connectivity index is 1.60. The summed E-state index contributed by atoms with van der Waals surface area (Å²) in [5, 5.41) is 5.95. The van der Waals surface area contributed by atoms with Crippen molar-refractivity contribution in [3.63, 3.8) is 0 Å². The largest absolute Gasteiger partial charge is 0.573 e. The molecule has 0 unspecified atom stereocenters. The van der Waals surface area contributed by atoms with Crippen LogP contribution in [0.1, 0.15) is 16.3 Å². The highest BCUT2D eigenvalue weighted by molar-refractivity contribution is 7.16. The van der Waals surface area contributed by atoms with Gasteiger partial charge in [0.15, 0.2) is 5.13 Å². The minimum atomic E-state index is -4.74. The lowest BCUT2D eigenvalue weighted by Crippen LogP contribution is -2.17. The van der Waals surface area contributed by atoms with Crippen LogP contribution in [0.25, 0.3) is 10.6 Å². The number of halogens is 3. The van der Waals surface area contributed by atoms with E-state index in [2.05, 4.69) is 20.0 Å². The summed E-state index contributed by atoms with van der Waals surface area (Å²) in [7, 11) is 0. The number of amides is 1. The Labute approximate surface area is 160 Å². The van der Waals surface area contributed by atoms with E-state index in [9.17, 15) is 18.0 Å². The molecule has 10 heteroatoms. The maximum atomic E-state index is 12.1. The number of hydrogen-bond acceptors (Lipinski definition) is 6. The highest BCUT2D eigenvalue weighted by atomic mass is 32.1. The quantitative estimate of drug-likeness (QED) is 0.642. The number of carbonyl (C=O) groups is 1. The van der Waals surface area contributed by atoms with Crippen molar-refractivity contribution in [3.05, 3.63) is 45.9 Å². The molecule has 0 radical (unpaired) electrons. The Morgan fingerprint density at radius 2 is 1.89 bits per heavy atom. The molecule has 142 valence electrons. The van der Waals surface area contributed by atoms with Gasteiger partial charge in [-0.3, -0.25) is 4.79 Å². The highest BCUT2D eigenvalue weighted by Gasteiger charge is 2.30. The zero-order valence-corrected chi connectivity index (χ0v) is 15.9. The summed E-state index contributed by atoms with van der Waals surface area (Å²) in [6.45, 7) is 3.82. The molecular weight excluding hydrogens is 399 g/mol. The van der Waals surface area contributed by atoms with E-state index in [4.69, 9.17) is 0 Å². The summed E-state index contributed by atoms with van der Waals surface area (Å²) in [5.74, 6) is -0.635. The van der Waals surface area contributed by atoms with Crippen LogP contribution in [-0.2, 0) is 11.2 Å². The molecule has 27 heavy (non-hydrogen) atoms. The summed E-state index contributed by atoms with van der Waals surface area (Å²) >= 11 is 2.84. The van der Waals surface area contributed by atoms with E-state index in [0.29, 0.717) is 10.7 Å². The van der Waals surface area contributed by atoms with E-state index < -0.39 is 6.36 Å². The number of thiazole rings is 2. The molecule has 3 aromatic rings. The van der Waals surface area contributed by atoms with Gasteiger partial charge in [-0.05, 0) is 31.5 Å². The normalized spacial score (nSPS) is 11.4. The molecule has 0 saturated heterocycles. The van der Waals surface area contributed by atoms with Crippen molar-refractivity contribution in [2.75, 3.05) is 5.32 Å². The SMILES string of the molecule is Cc1nc(C)c(-c2csc(NC(=O)Cc3ccc(OC(F)(F)F)cc3)n2)s1. The number of rotatable bonds is 5. The minimum absolute atomic E-state index is 0.0138. The van der Waals surface area contributed by atoms with Crippen molar-refractivity contribution in [2.45, 2.75) is 26.6 Å². The molecule has 3 rings (SSSR count). The van der Waals surface area contributed by atoms with Gasteiger partial charge in [0.05, 0.1) is 27.7 Å². The average molecular weight is 413 g/mol. The molecule has 0 fully saturated rings. The van der Waals surface area contributed by atoms with E-state index in [1.165, 1.54) is 46.9 Å². The first-order chi connectivity index (χ1) is 12.7. The van der Waals surface area contributed by atoms with E-state index in [1.807, 2.05) is 19.2 Å². The predicted octanol–water partition coefficient (Wildman–Crippen LogP) is 4.96. The van der Waals surface area contributed by atoms with Gasteiger partial charge in [-0.25, -0.2) is 9.97 Å². The second-order valence-corrected chi connectivity index (χ2v) is 7.66. The van der Waals surface area contributed by atoms with Crippen molar-refractivity contribution in [1.29, 1.82) is 0 Å². The first-order valence-corrected chi connectivity index (χ1v) is 9.44. The van der Waals surface area contributed by atoms with Crippen LogP contribution in [0.3, 0.4) is 0 Å². The molecule has 5 nitrogen and oxygen atoms in total. The predicted molar refractivity (Wildman–Crippen MR) is 98.2 cm³/mol.